The number of cyclic esters (lactones) is 1. The van der Waals surface area contributed by atoms with Gasteiger partial charge in [0.2, 0.25) is 5.76 Å². The van der Waals surface area contributed by atoms with Gasteiger partial charge in [0.05, 0.1) is 6.61 Å². The van der Waals surface area contributed by atoms with E-state index in [1.54, 1.807) is 0 Å². The van der Waals surface area contributed by atoms with E-state index >= 15 is 0 Å². The van der Waals surface area contributed by atoms with Crippen LogP contribution in [0.5, 0.6) is 0 Å². The summed E-state index contributed by atoms with van der Waals surface area (Å²) in [5.74, 6) is -2.78. The Bertz CT molecular complexity index is 243. The second-order valence-corrected chi connectivity index (χ2v) is 2.31. The van der Waals surface area contributed by atoms with Gasteiger partial charge in [-0.2, -0.15) is 0 Å². The molecular weight excluding hydrogens is 237 g/mol. The molecule has 71 valence electrons. The van der Waals surface area contributed by atoms with Crippen molar-refractivity contribution in [2.24, 2.45) is 0 Å². The van der Waals surface area contributed by atoms with Crippen molar-refractivity contribution in [1.82, 2.24) is 0 Å². The molecule has 9 heteroatoms. The van der Waals surface area contributed by atoms with E-state index in [2.05, 4.69) is 4.74 Å². The zero-order valence-corrected chi connectivity index (χ0v) is 15.0. The monoisotopic (exact) mass is 245 g/mol. The Kier molecular flexibility index (Phi) is 14.2. The molecule has 3 radical (unpaired) electrons. The first-order chi connectivity index (χ1) is 5.57. The van der Waals surface area contributed by atoms with Crippen LogP contribution in [0.15, 0.2) is 11.5 Å². The summed E-state index contributed by atoms with van der Waals surface area (Å²) in [5.41, 5.74) is 0. The molecule has 0 aliphatic carbocycles. The smallest absolute Gasteiger partial charge is 0.377 e. The summed E-state index contributed by atoms with van der Waals surface area (Å²) in [4.78, 5) is 10.5. The van der Waals surface area contributed by atoms with Crippen molar-refractivity contribution < 1.29 is 30.0 Å². The van der Waals surface area contributed by atoms with Crippen LogP contribution in [0.2, 0.25) is 0 Å². The fraction of sp³-hybridized carbons (Fsp3) is 0.500. The third-order valence-corrected chi connectivity index (χ3v) is 1.48. The Morgan fingerprint density at radius 1 is 1.27 bits per heavy atom. The van der Waals surface area contributed by atoms with Crippen LogP contribution in [0.3, 0.4) is 0 Å². The second-order valence-electron chi connectivity index (χ2n) is 2.31. The Hall–Kier alpha value is 1.73. The van der Waals surface area contributed by atoms with Crippen molar-refractivity contribution in [2.45, 2.75) is 12.2 Å². The Morgan fingerprint density at radius 3 is 2.00 bits per heavy atom. The van der Waals surface area contributed by atoms with Crippen LogP contribution in [0.25, 0.3) is 0 Å². The molecule has 1 aliphatic heterocycles. The average Bonchev–Trinajstić information content (AvgIpc) is 2.32. The van der Waals surface area contributed by atoms with E-state index in [1.807, 2.05) is 0 Å². The largest absolute Gasteiger partial charge is 0.505 e. The molecule has 1 aliphatic rings. The van der Waals surface area contributed by atoms with E-state index < -0.39 is 36.3 Å². The Morgan fingerprint density at radius 2 is 1.73 bits per heavy atom. The van der Waals surface area contributed by atoms with E-state index in [-0.39, 0.29) is 88.7 Å². The van der Waals surface area contributed by atoms with Gasteiger partial charge in [-0.25, -0.2) is 4.79 Å². The van der Waals surface area contributed by atoms with E-state index in [1.165, 1.54) is 0 Å². The summed E-state index contributed by atoms with van der Waals surface area (Å²) in [7, 11) is 0. The molecule has 4 N–H and O–H groups in total. The molecule has 6 nitrogen and oxygen atoms in total. The maximum Gasteiger partial charge on any atom is 0.377 e. The molecule has 0 spiro atoms. The van der Waals surface area contributed by atoms with Gasteiger partial charge in [-0.1, -0.05) is 0 Å². The van der Waals surface area contributed by atoms with E-state index in [0.717, 1.165) is 0 Å². The number of aliphatic hydroxyl groups is 4. The minimum Gasteiger partial charge on any atom is -0.505 e. The molecule has 0 amide bonds. The molecular formula is C6H8Na3O6. The van der Waals surface area contributed by atoms with Crippen molar-refractivity contribution in [3.8, 4) is 0 Å². The van der Waals surface area contributed by atoms with Crippen LogP contribution < -0.4 is 0 Å². The van der Waals surface area contributed by atoms with Crippen molar-refractivity contribution in [2.75, 3.05) is 6.61 Å². The Balaban J connectivity index is -0.000000480. The first-order valence-electron chi connectivity index (χ1n) is 3.20. The van der Waals surface area contributed by atoms with Crippen LogP contribution in [0, 0.1) is 0 Å². The number of hydrogen-bond acceptors (Lipinski definition) is 6. The number of ether oxygens (including phenoxy) is 1. The fourth-order valence-electron chi connectivity index (χ4n) is 0.823. The van der Waals surface area contributed by atoms with Crippen LogP contribution in [-0.4, -0.2) is 134 Å². The fourth-order valence-corrected chi connectivity index (χ4v) is 0.823. The summed E-state index contributed by atoms with van der Waals surface area (Å²) in [6, 6.07) is 0. The molecule has 0 aromatic heterocycles. The van der Waals surface area contributed by atoms with Crippen molar-refractivity contribution in [1.29, 1.82) is 0 Å². The number of carbonyl (C=O) groups is 1. The van der Waals surface area contributed by atoms with Gasteiger partial charge in [0, 0.05) is 88.7 Å². The summed E-state index contributed by atoms with van der Waals surface area (Å²) in [6.45, 7) is -0.671. The summed E-state index contributed by atoms with van der Waals surface area (Å²) in [5, 5.41) is 35.0. The molecule has 0 bridgehead atoms. The third kappa shape index (κ3) is 5.27. The molecule has 0 unspecified atom stereocenters. The average molecular weight is 245 g/mol. The van der Waals surface area contributed by atoms with Gasteiger partial charge >= 0.3 is 5.97 Å². The van der Waals surface area contributed by atoms with E-state index in [4.69, 9.17) is 20.4 Å². The van der Waals surface area contributed by atoms with Crippen molar-refractivity contribution in [3.05, 3.63) is 11.5 Å². The second kappa shape index (κ2) is 9.73. The maximum absolute atomic E-state index is 10.5. The van der Waals surface area contributed by atoms with E-state index in [9.17, 15) is 4.79 Å². The predicted molar refractivity (Wildman–Crippen MR) is 52.5 cm³/mol. The standard InChI is InChI=1S/C6H8O6.3Na/c7-1-2(8)5-3(9)4(10)6(11)12-5;;;/h2,5,7-10H,1H2;;;/t2-,5+;;;/m0.../s1. The van der Waals surface area contributed by atoms with Gasteiger partial charge in [-0.15, -0.1) is 0 Å². The number of hydrogen-bond donors (Lipinski definition) is 4. The van der Waals surface area contributed by atoms with Gasteiger partial charge in [0.1, 0.15) is 6.10 Å². The summed E-state index contributed by atoms with van der Waals surface area (Å²) < 4.78 is 4.32. The topological polar surface area (TPSA) is 107 Å². The zero-order valence-electron chi connectivity index (χ0n) is 8.97. The maximum atomic E-state index is 10.5. The van der Waals surface area contributed by atoms with Gasteiger partial charge in [0.15, 0.2) is 11.9 Å². The normalized spacial score (nSPS) is 20.7. The molecule has 0 saturated heterocycles. The van der Waals surface area contributed by atoms with Crippen LogP contribution >= 0.6 is 0 Å². The van der Waals surface area contributed by atoms with Gasteiger partial charge in [-0.3, -0.25) is 0 Å². The molecule has 0 aromatic carbocycles. The quantitative estimate of drug-likeness (QED) is 0.315. The predicted octanol–water partition coefficient (Wildman–Crippen LogP) is -2.55. The molecule has 0 aromatic rings. The van der Waals surface area contributed by atoms with Gasteiger partial charge in [0.25, 0.3) is 0 Å². The number of rotatable bonds is 2. The van der Waals surface area contributed by atoms with E-state index in [0.29, 0.717) is 0 Å². The summed E-state index contributed by atoms with van der Waals surface area (Å²) >= 11 is 0. The SMILES string of the molecule is O=C1O[C@H]([C@@H](O)CO)C(O)=C1O.[Na].[Na].[Na]. The number of esters is 1. The van der Waals surface area contributed by atoms with Crippen molar-refractivity contribution in [3.63, 3.8) is 0 Å². The van der Waals surface area contributed by atoms with Crippen molar-refractivity contribution >= 4 is 94.6 Å². The minimum atomic E-state index is -1.42. The Labute approximate surface area is 153 Å². The summed E-state index contributed by atoms with van der Waals surface area (Å²) in [6.07, 6.45) is -2.78. The molecule has 0 saturated carbocycles. The molecule has 15 heavy (non-hydrogen) atoms. The minimum absolute atomic E-state index is 0. The van der Waals surface area contributed by atoms with Crippen LogP contribution in [-0.2, 0) is 9.53 Å². The molecule has 1 rings (SSSR count). The van der Waals surface area contributed by atoms with Crippen LogP contribution in [0.4, 0.5) is 0 Å². The number of carbonyl (C=O) groups excluding carboxylic acids is 1. The van der Waals surface area contributed by atoms with Crippen LogP contribution in [0.1, 0.15) is 0 Å². The third-order valence-electron chi connectivity index (χ3n) is 1.48. The van der Waals surface area contributed by atoms with Gasteiger partial charge < -0.3 is 25.2 Å². The first-order valence-corrected chi connectivity index (χ1v) is 3.20. The number of aliphatic hydroxyl groups excluding tert-OH is 4. The first kappa shape index (κ1) is 22.0. The molecule has 2 atom stereocenters. The van der Waals surface area contributed by atoms with Gasteiger partial charge in [-0.05, 0) is 0 Å². The molecule has 1 heterocycles. The zero-order chi connectivity index (χ0) is 9.30. The molecule has 0 fully saturated rings.